The number of rotatable bonds is 4. The fourth-order valence-corrected chi connectivity index (χ4v) is 2.43. The largest absolute Gasteiger partial charge is 0.330 e. The Labute approximate surface area is 107 Å². The molecule has 3 nitrogen and oxygen atoms in total. The molecule has 1 saturated carbocycles. The van der Waals surface area contributed by atoms with Crippen LogP contribution in [0.5, 0.6) is 0 Å². The van der Waals surface area contributed by atoms with Crippen LogP contribution in [0.3, 0.4) is 0 Å². The monoisotopic (exact) mass is 250 g/mol. The van der Waals surface area contributed by atoms with Crippen molar-refractivity contribution in [2.24, 2.45) is 11.1 Å². The first kappa shape index (κ1) is 13.0. The van der Waals surface area contributed by atoms with Gasteiger partial charge in [0.2, 0.25) is 5.91 Å². The summed E-state index contributed by atoms with van der Waals surface area (Å²) in [7, 11) is 1.61. The Morgan fingerprint density at radius 1 is 1.44 bits per heavy atom. The fourth-order valence-electron chi connectivity index (χ4n) is 2.43. The molecule has 1 fully saturated rings. The maximum Gasteiger partial charge on any atom is 0.227 e. The Kier molecular flexibility index (Phi) is 3.66. The number of hydrogen-bond donors (Lipinski definition) is 1. The second-order valence-electron chi connectivity index (χ2n) is 5.14. The first-order valence-electron chi connectivity index (χ1n) is 6.29. The number of anilines is 1. The Morgan fingerprint density at radius 2 is 2.11 bits per heavy atom. The summed E-state index contributed by atoms with van der Waals surface area (Å²) in [6.45, 7) is 0.532. The van der Waals surface area contributed by atoms with E-state index in [0.29, 0.717) is 18.7 Å². The van der Waals surface area contributed by atoms with Gasteiger partial charge in [-0.3, -0.25) is 4.79 Å². The SMILES string of the molecule is CN(C(=O)CC1(CN)CCC1)c1ccccc1F. The molecule has 0 unspecified atom stereocenters. The lowest BCUT2D eigenvalue weighted by molar-refractivity contribution is -0.121. The van der Waals surface area contributed by atoms with Gasteiger partial charge in [-0.1, -0.05) is 18.6 Å². The van der Waals surface area contributed by atoms with Crippen LogP contribution in [0.2, 0.25) is 0 Å². The molecule has 4 heteroatoms. The van der Waals surface area contributed by atoms with Gasteiger partial charge >= 0.3 is 0 Å². The van der Waals surface area contributed by atoms with E-state index in [9.17, 15) is 9.18 Å². The minimum atomic E-state index is -0.372. The second-order valence-corrected chi connectivity index (χ2v) is 5.14. The summed E-state index contributed by atoms with van der Waals surface area (Å²) < 4.78 is 13.6. The van der Waals surface area contributed by atoms with Crippen LogP contribution < -0.4 is 10.6 Å². The Morgan fingerprint density at radius 3 is 2.61 bits per heavy atom. The standard InChI is InChI=1S/C14H19FN2O/c1-17(12-6-3-2-5-11(12)15)13(18)9-14(10-16)7-4-8-14/h2-3,5-6H,4,7-10,16H2,1H3. The van der Waals surface area contributed by atoms with Gasteiger partial charge in [0, 0.05) is 13.5 Å². The van der Waals surface area contributed by atoms with Crippen LogP contribution in [0.25, 0.3) is 0 Å². The summed E-state index contributed by atoms with van der Waals surface area (Å²) in [5.41, 5.74) is 6.02. The Bertz CT molecular complexity index is 438. The average Bonchev–Trinajstić information content (AvgIpc) is 2.33. The first-order valence-corrected chi connectivity index (χ1v) is 6.29. The van der Waals surface area contributed by atoms with Gasteiger partial charge in [-0.15, -0.1) is 0 Å². The zero-order valence-electron chi connectivity index (χ0n) is 10.7. The van der Waals surface area contributed by atoms with Crippen molar-refractivity contribution < 1.29 is 9.18 Å². The highest BCUT2D eigenvalue weighted by molar-refractivity contribution is 5.93. The van der Waals surface area contributed by atoms with Crippen molar-refractivity contribution in [3.05, 3.63) is 30.1 Å². The molecule has 0 aliphatic heterocycles. The quantitative estimate of drug-likeness (QED) is 0.891. The molecule has 1 aromatic carbocycles. The number of nitrogens with two attached hydrogens (primary N) is 1. The molecule has 0 saturated heterocycles. The van der Waals surface area contributed by atoms with Gasteiger partial charge in [-0.25, -0.2) is 4.39 Å². The molecule has 1 aliphatic carbocycles. The third-order valence-corrected chi connectivity index (χ3v) is 3.96. The summed E-state index contributed by atoms with van der Waals surface area (Å²) in [6, 6.07) is 6.32. The molecule has 0 radical (unpaired) electrons. The van der Waals surface area contributed by atoms with Crippen LogP contribution in [0, 0.1) is 11.2 Å². The summed E-state index contributed by atoms with van der Waals surface area (Å²) >= 11 is 0. The van der Waals surface area contributed by atoms with E-state index < -0.39 is 0 Å². The minimum absolute atomic E-state index is 0.0450. The van der Waals surface area contributed by atoms with Gasteiger partial charge in [-0.05, 0) is 36.9 Å². The maximum absolute atomic E-state index is 13.6. The van der Waals surface area contributed by atoms with Gasteiger partial charge in [0.05, 0.1) is 5.69 Å². The molecule has 0 aromatic heterocycles. The van der Waals surface area contributed by atoms with Crippen LogP contribution in [-0.4, -0.2) is 19.5 Å². The highest BCUT2D eigenvalue weighted by atomic mass is 19.1. The minimum Gasteiger partial charge on any atom is -0.330 e. The van der Waals surface area contributed by atoms with Gasteiger partial charge in [0.15, 0.2) is 0 Å². The van der Waals surface area contributed by atoms with Gasteiger partial charge in [0.25, 0.3) is 0 Å². The number of nitrogens with zero attached hydrogens (tertiary/aromatic N) is 1. The van der Waals surface area contributed by atoms with Crippen molar-refractivity contribution >= 4 is 11.6 Å². The fraction of sp³-hybridized carbons (Fsp3) is 0.500. The first-order chi connectivity index (χ1) is 8.58. The van der Waals surface area contributed by atoms with E-state index in [0.717, 1.165) is 19.3 Å². The molecule has 98 valence electrons. The van der Waals surface area contributed by atoms with Crippen LogP contribution in [0.15, 0.2) is 24.3 Å². The summed E-state index contributed by atoms with van der Waals surface area (Å²) in [5.74, 6) is -0.436. The molecule has 2 N–H and O–H groups in total. The van der Waals surface area contributed by atoms with Gasteiger partial charge in [-0.2, -0.15) is 0 Å². The summed E-state index contributed by atoms with van der Waals surface area (Å²) in [5, 5.41) is 0. The molecular weight excluding hydrogens is 231 g/mol. The Balaban J connectivity index is 2.07. The molecule has 1 aromatic rings. The lowest BCUT2D eigenvalue weighted by Crippen LogP contribution is -2.42. The normalized spacial score (nSPS) is 17.1. The molecule has 2 rings (SSSR count). The molecular formula is C14H19FN2O. The number of halogens is 1. The Hall–Kier alpha value is -1.42. The lowest BCUT2D eigenvalue weighted by Gasteiger charge is -2.41. The van der Waals surface area contributed by atoms with E-state index in [-0.39, 0.29) is 17.1 Å². The van der Waals surface area contributed by atoms with Crippen LogP contribution in [0.4, 0.5) is 10.1 Å². The summed E-state index contributed by atoms with van der Waals surface area (Å²) in [4.78, 5) is 13.6. The van der Waals surface area contributed by atoms with Crippen molar-refractivity contribution in [1.82, 2.24) is 0 Å². The highest BCUT2D eigenvalue weighted by Crippen LogP contribution is 2.43. The lowest BCUT2D eigenvalue weighted by atomic mass is 9.66. The van der Waals surface area contributed by atoms with Crippen molar-refractivity contribution in [3.63, 3.8) is 0 Å². The zero-order valence-corrected chi connectivity index (χ0v) is 10.7. The maximum atomic E-state index is 13.6. The molecule has 0 bridgehead atoms. The van der Waals surface area contributed by atoms with Crippen molar-refractivity contribution in [1.29, 1.82) is 0 Å². The second kappa shape index (κ2) is 5.06. The summed E-state index contributed by atoms with van der Waals surface area (Å²) in [6.07, 6.45) is 3.54. The van der Waals surface area contributed by atoms with E-state index >= 15 is 0 Å². The number of carbonyl (C=O) groups is 1. The third kappa shape index (κ3) is 2.38. The number of carbonyl (C=O) groups excluding carboxylic acids is 1. The molecule has 0 heterocycles. The van der Waals surface area contributed by atoms with Crippen molar-refractivity contribution in [2.75, 3.05) is 18.5 Å². The number of para-hydroxylation sites is 1. The van der Waals surface area contributed by atoms with Crippen molar-refractivity contribution in [3.8, 4) is 0 Å². The number of benzene rings is 1. The third-order valence-electron chi connectivity index (χ3n) is 3.96. The topological polar surface area (TPSA) is 46.3 Å². The van der Waals surface area contributed by atoms with E-state index in [1.54, 1.807) is 25.2 Å². The van der Waals surface area contributed by atoms with E-state index in [1.807, 2.05) is 0 Å². The predicted octanol–water partition coefficient (Wildman–Crippen LogP) is 2.31. The number of hydrogen-bond acceptors (Lipinski definition) is 2. The van der Waals surface area contributed by atoms with E-state index in [1.165, 1.54) is 11.0 Å². The molecule has 1 amide bonds. The molecule has 18 heavy (non-hydrogen) atoms. The smallest absolute Gasteiger partial charge is 0.227 e. The van der Waals surface area contributed by atoms with Crippen LogP contribution in [-0.2, 0) is 4.79 Å². The van der Waals surface area contributed by atoms with Crippen LogP contribution in [0.1, 0.15) is 25.7 Å². The van der Waals surface area contributed by atoms with Gasteiger partial charge in [0.1, 0.15) is 5.82 Å². The van der Waals surface area contributed by atoms with E-state index in [2.05, 4.69) is 0 Å². The average molecular weight is 250 g/mol. The number of amides is 1. The van der Waals surface area contributed by atoms with E-state index in [4.69, 9.17) is 5.73 Å². The molecule has 0 spiro atoms. The zero-order chi connectivity index (χ0) is 13.2. The van der Waals surface area contributed by atoms with Crippen molar-refractivity contribution in [2.45, 2.75) is 25.7 Å². The van der Waals surface area contributed by atoms with Gasteiger partial charge < -0.3 is 10.6 Å². The molecule has 0 atom stereocenters. The predicted molar refractivity (Wildman–Crippen MR) is 69.8 cm³/mol. The van der Waals surface area contributed by atoms with Crippen LogP contribution >= 0.6 is 0 Å². The highest BCUT2D eigenvalue weighted by Gasteiger charge is 2.38. The molecule has 1 aliphatic rings.